The van der Waals surface area contributed by atoms with Gasteiger partial charge in [0.1, 0.15) is 11.6 Å². The fraction of sp³-hybridized carbons (Fsp3) is 0.625. The number of hydrogen-bond donors (Lipinski definition) is 1. The molecule has 0 bridgehead atoms. The van der Waals surface area contributed by atoms with Crippen LogP contribution in [0.2, 0.25) is 0 Å². The minimum absolute atomic E-state index is 0.0126. The molecule has 4 heteroatoms. The Labute approximate surface area is 120 Å². The number of ether oxygens (including phenoxy) is 1. The first-order chi connectivity index (χ1) is 9.45. The highest BCUT2D eigenvalue weighted by Crippen LogP contribution is 2.24. The van der Waals surface area contributed by atoms with Gasteiger partial charge in [0.2, 0.25) is 0 Å². The summed E-state index contributed by atoms with van der Waals surface area (Å²) in [6.45, 7) is 9.47. The molecule has 0 heterocycles. The van der Waals surface area contributed by atoms with E-state index in [1.165, 1.54) is 12.1 Å². The van der Waals surface area contributed by atoms with Crippen LogP contribution >= 0.6 is 0 Å². The van der Waals surface area contributed by atoms with Gasteiger partial charge >= 0.3 is 0 Å². The van der Waals surface area contributed by atoms with Crippen molar-refractivity contribution < 1.29 is 13.5 Å². The number of likely N-dealkylation sites (N-methyl/N-ethyl adjacent to an activating group) is 1. The maximum absolute atomic E-state index is 13.3. The Hall–Kier alpha value is -1.00. The summed E-state index contributed by atoms with van der Waals surface area (Å²) in [4.78, 5) is 0. The van der Waals surface area contributed by atoms with Crippen LogP contribution in [0.3, 0.4) is 0 Å². The van der Waals surface area contributed by atoms with Crippen molar-refractivity contribution in [2.45, 2.75) is 52.2 Å². The molecule has 0 fully saturated rings. The zero-order valence-electron chi connectivity index (χ0n) is 12.8. The van der Waals surface area contributed by atoms with Gasteiger partial charge in [0.05, 0.1) is 5.60 Å². The highest BCUT2D eigenvalue weighted by molar-refractivity contribution is 5.20. The zero-order chi connectivity index (χ0) is 15.2. The van der Waals surface area contributed by atoms with Crippen LogP contribution in [0.25, 0.3) is 0 Å². The molecular weight excluding hydrogens is 260 g/mol. The van der Waals surface area contributed by atoms with Gasteiger partial charge < -0.3 is 10.1 Å². The van der Waals surface area contributed by atoms with E-state index in [2.05, 4.69) is 12.2 Å². The molecular formula is C16H25F2NO. The van der Waals surface area contributed by atoms with Crippen molar-refractivity contribution in [1.82, 2.24) is 5.32 Å². The summed E-state index contributed by atoms with van der Waals surface area (Å²) in [5.41, 5.74) is 0.293. The van der Waals surface area contributed by atoms with Crippen LogP contribution < -0.4 is 5.32 Å². The lowest BCUT2D eigenvalue weighted by Crippen LogP contribution is -2.51. The molecule has 1 N–H and O–H groups in total. The summed E-state index contributed by atoms with van der Waals surface area (Å²) in [6, 6.07) is 3.68. The number of halogens is 2. The van der Waals surface area contributed by atoms with Gasteiger partial charge in [-0.2, -0.15) is 0 Å². The van der Waals surface area contributed by atoms with Crippen LogP contribution in [-0.4, -0.2) is 24.8 Å². The molecule has 0 saturated carbocycles. The van der Waals surface area contributed by atoms with E-state index in [-0.39, 0.29) is 11.6 Å². The molecule has 2 unspecified atom stereocenters. The number of rotatable bonds is 8. The van der Waals surface area contributed by atoms with Crippen molar-refractivity contribution >= 4 is 0 Å². The van der Waals surface area contributed by atoms with Gasteiger partial charge in [-0.25, -0.2) is 8.78 Å². The van der Waals surface area contributed by atoms with Crippen molar-refractivity contribution in [3.63, 3.8) is 0 Å². The summed E-state index contributed by atoms with van der Waals surface area (Å²) >= 11 is 0. The molecule has 0 aliphatic carbocycles. The topological polar surface area (TPSA) is 21.3 Å². The van der Waals surface area contributed by atoms with Crippen LogP contribution in [-0.2, 0) is 11.2 Å². The van der Waals surface area contributed by atoms with Gasteiger partial charge in [-0.05, 0) is 50.9 Å². The van der Waals surface area contributed by atoms with Crippen molar-refractivity contribution in [3.05, 3.63) is 35.4 Å². The molecule has 0 amide bonds. The SMILES string of the molecule is CCNC(Cc1cc(F)cc(F)c1)C(C)(CC)OCC. The smallest absolute Gasteiger partial charge is 0.126 e. The normalized spacial score (nSPS) is 15.9. The Kier molecular flexibility index (Phi) is 6.56. The lowest BCUT2D eigenvalue weighted by molar-refractivity contribution is -0.0547. The molecule has 2 nitrogen and oxygen atoms in total. The molecule has 0 saturated heterocycles. The summed E-state index contributed by atoms with van der Waals surface area (Å²) in [5, 5.41) is 3.38. The highest BCUT2D eigenvalue weighted by Gasteiger charge is 2.32. The van der Waals surface area contributed by atoms with E-state index in [9.17, 15) is 8.78 Å². The van der Waals surface area contributed by atoms with Crippen molar-refractivity contribution in [3.8, 4) is 0 Å². The summed E-state index contributed by atoms with van der Waals surface area (Å²) < 4.78 is 32.5. The van der Waals surface area contributed by atoms with Crippen LogP contribution in [0, 0.1) is 11.6 Å². The predicted octanol–water partition coefficient (Wildman–Crippen LogP) is 3.69. The monoisotopic (exact) mass is 285 g/mol. The molecule has 0 spiro atoms. The van der Waals surface area contributed by atoms with Crippen LogP contribution in [0.5, 0.6) is 0 Å². The predicted molar refractivity (Wildman–Crippen MR) is 77.8 cm³/mol. The minimum Gasteiger partial charge on any atom is -0.374 e. The quantitative estimate of drug-likeness (QED) is 0.786. The number of hydrogen-bond acceptors (Lipinski definition) is 2. The van der Waals surface area contributed by atoms with Gasteiger partial charge in [-0.3, -0.25) is 0 Å². The molecule has 20 heavy (non-hydrogen) atoms. The Balaban J connectivity index is 2.95. The number of benzene rings is 1. The molecule has 2 atom stereocenters. The molecule has 1 rings (SSSR count). The van der Waals surface area contributed by atoms with Crippen molar-refractivity contribution in [2.75, 3.05) is 13.2 Å². The van der Waals surface area contributed by atoms with Gasteiger partial charge in [0.25, 0.3) is 0 Å². The van der Waals surface area contributed by atoms with Crippen LogP contribution in [0.1, 0.15) is 39.7 Å². The van der Waals surface area contributed by atoms with E-state index in [4.69, 9.17) is 4.74 Å². The zero-order valence-corrected chi connectivity index (χ0v) is 12.8. The Morgan fingerprint density at radius 3 is 2.20 bits per heavy atom. The van der Waals surface area contributed by atoms with Gasteiger partial charge in [0, 0.05) is 18.7 Å². The second-order valence-electron chi connectivity index (χ2n) is 5.19. The van der Waals surface area contributed by atoms with E-state index in [1.54, 1.807) is 0 Å². The van der Waals surface area contributed by atoms with E-state index < -0.39 is 11.6 Å². The summed E-state index contributed by atoms with van der Waals surface area (Å²) in [7, 11) is 0. The van der Waals surface area contributed by atoms with Crippen molar-refractivity contribution in [2.24, 2.45) is 0 Å². The second kappa shape index (κ2) is 7.70. The second-order valence-corrected chi connectivity index (χ2v) is 5.19. The lowest BCUT2D eigenvalue weighted by atomic mass is 9.88. The van der Waals surface area contributed by atoms with E-state index in [0.717, 1.165) is 19.0 Å². The molecule has 1 aromatic rings. The third-order valence-electron chi connectivity index (χ3n) is 3.73. The largest absolute Gasteiger partial charge is 0.374 e. The average Bonchev–Trinajstić information content (AvgIpc) is 2.37. The Morgan fingerprint density at radius 1 is 1.15 bits per heavy atom. The summed E-state index contributed by atoms with van der Waals surface area (Å²) in [6.07, 6.45) is 1.36. The lowest BCUT2D eigenvalue weighted by Gasteiger charge is -2.37. The first-order valence-corrected chi connectivity index (χ1v) is 7.27. The molecule has 114 valence electrons. The average molecular weight is 285 g/mol. The summed E-state index contributed by atoms with van der Waals surface area (Å²) in [5.74, 6) is -1.07. The van der Waals surface area contributed by atoms with Crippen LogP contribution in [0.4, 0.5) is 8.78 Å². The fourth-order valence-corrected chi connectivity index (χ4v) is 2.49. The molecule has 1 aromatic carbocycles. The van der Waals surface area contributed by atoms with E-state index in [0.29, 0.717) is 18.6 Å². The maximum Gasteiger partial charge on any atom is 0.126 e. The Morgan fingerprint density at radius 2 is 1.75 bits per heavy atom. The first kappa shape index (κ1) is 17.1. The fourth-order valence-electron chi connectivity index (χ4n) is 2.49. The highest BCUT2D eigenvalue weighted by atomic mass is 19.1. The molecule has 0 aromatic heterocycles. The van der Waals surface area contributed by atoms with Crippen LogP contribution in [0.15, 0.2) is 18.2 Å². The van der Waals surface area contributed by atoms with E-state index >= 15 is 0 Å². The molecule has 0 aliphatic heterocycles. The number of nitrogens with one attached hydrogen (secondary N) is 1. The van der Waals surface area contributed by atoms with Gasteiger partial charge in [-0.1, -0.05) is 13.8 Å². The van der Waals surface area contributed by atoms with Crippen molar-refractivity contribution in [1.29, 1.82) is 0 Å². The Bertz CT molecular complexity index is 405. The third kappa shape index (κ3) is 4.53. The van der Waals surface area contributed by atoms with Gasteiger partial charge in [-0.15, -0.1) is 0 Å². The van der Waals surface area contributed by atoms with E-state index in [1.807, 2.05) is 20.8 Å². The standard InChI is InChI=1S/C16H25F2NO/c1-5-16(4,20-7-3)15(19-6-2)10-12-8-13(17)11-14(18)9-12/h8-9,11,15,19H,5-7,10H2,1-4H3. The van der Waals surface area contributed by atoms with Gasteiger partial charge in [0.15, 0.2) is 0 Å². The molecule has 0 radical (unpaired) electrons. The third-order valence-corrected chi connectivity index (χ3v) is 3.73. The first-order valence-electron chi connectivity index (χ1n) is 7.27. The minimum atomic E-state index is -0.537. The molecule has 0 aliphatic rings. The maximum atomic E-state index is 13.3.